The number of thioether (sulfide) groups is 1. The van der Waals surface area contributed by atoms with Crippen molar-refractivity contribution in [3.8, 4) is 6.07 Å². The summed E-state index contributed by atoms with van der Waals surface area (Å²) in [7, 11) is 0. The predicted molar refractivity (Wildman–Crippen MR) is 138 cm³/mol. The van der Waals surface area contributed by atoms with Crippen LogP contribution in [-0.2, 0) is 15.1 Å². The maximum Gasteiger partial charge on any atom is 0.240 e. The van der Waals surface area contributed by atoms with E-state index in [1.54, 1.807) is 13.0 Å². The molecular weight excluding hydrogens is 496 g/mol. The number of fused-ring (bicyclic) bond motifs is 1. The van der Waals surface area contributed by atoms with Crippen LogP contribution in [0.1, 0.15) is 49.6 Å². The molecule has 2 fully saturated rings. The van der Waals surface area contributed by atoms with Crippen LogP contribution in [0.4, 0.5) is 8.78 Å². The third kappa shape index (κ3) is 4.30. The lowest BCUT2D eigenvalue weighted by molar-refractivity contribution is -0.144. The number of pyridine rings is 1. The number of benzene rings is 1. The van der Waals surface area contributed by atoms with E-state index in [-0.39, 0.29) is 40.3 Å². The van der Waals surface area contributed by atoms with Crippen LogP contribution in [0.25, 0.3) is 11.9 Å². The maximum atomic E-state index is 15.3. The van der Waals surface area contributed by atoms with Crippen LogP contribution in [-0.4, -0.2) is 51.0 Å². The summed E-state index contributed by atoms with van der Waals surface area (Å²) < 4.78 is 35.0. The van der Waals surface area contributed by atoms with E-state index in [1.807, 2.05) is 24.8 Å². The molecule has 0 spiro atoms. The first-order chi connectivity index (χ1) is 17.6. The van der Waals surface area contributed by atoms with Gasteiger partial charge in [0.05, 0.1) is 42.1 Å². The number of amidine groups is 1. The molecule has 3 aliphatic rings. The van der Waals surface area contributed by atoms with Gasteiger partial charge in [0.15, 0.2) is 5.17 Å². The van der Waals surface area contributed by atoms with Crippen molar-refractivity contribution in [2.24, 2.45) is 16.6 Å². The highest BCUT2D eigenvalue weighted by Crippen LogP contribution is 2.66. The van der Waals surface area contributed by atoms with E-state index in [4.69, 9.17) is 15.7 Å². The maximum absolute atomic E-state index is 15.3. The summed E-state index contributed by atoms with van der Waals surface area (Å²) in [5.41, 5.74) is 6.21. The molecule has 0 unspecified atom stereocenters. The Morgan fingerprint density at radius 2 is 2.03 bits per heavy atom. The number of halogens is 2. The lowest BCUT2D eigenvalue weighted by Gasteiger charge is -2.42. The molecular formula is C27H27F2N5O2S. The fourth-order valence-electron chi connectivity index (χ4n) is 5.52. The van der Waals surface area contributed by atoms with Gasteiger partial charge in [0.25, 0.3) is 0 Å². The summed E-state index contributed by atoms with van der Waals surface area (Å²) in [5.74, 6) is -1.42. The molecule has 3 heterocycles. The second-order valence-corrected chi connectivity index (χ2v) is 11.4. The number of ether oxygens (including phenoxy) is 1. The fraction of sp³-hybridized carbons (Fsp3) is 0.407. The van der Waals surface area contributed by atoms with Crippen molar-refractivity contribution >= 4 is 34.7 Å². The Morgan fingerprint density at radius 1 is 1.30 bits per heavy atom. The monoisotopic (exact) mass is 523 g/mol. The van der Waals surface area contributed by atoms with Crippen LogP contribution >= 0.6 is 11.8 Å². The zero-order chi connectivity index (χ0) is 26.5. The number of morpholine rings is 1. The first-order valence-corrected chi connectivity index (χ1v) is 12.9. The van der Waals surface area contributed by atoms with Crippen molar-refractivity contribution in [3.05, 3.63) is 64.7 Å². The van der Waals surface area contributed by atoms with E-state index in [0.717, 1.165) is 0 Å². The number of nitriles is 1. The van der Waals surface area contributed by atoms with E-state index < -0.39 is 21.9 Å². The Morgan fingerprint density at radius 3 is 2.68 bits per heavy atom. The van der Waals surface area contributed by atoms with Crippen molar-refractivity contribution < 1.29 is 18.3 Å². The zero-order valence-corrected chi connectivity index (χ0v) is 21.6. The summed E-state index contributed by atoms with van der Waals surface area (Å²) in [6, 6.07) is 8.97. The number of rotatable bonds is 4. The zero-order valence-electron chi connectivity index (χ0n) is 20.7. The molecule has 1 saturated heterocycles. The van der Waals surface area contributed by atoms with Crippen molar-refractivity contribution in [2.45, 2.75) is 49.6 Å². The number of carbonyl (C=O) groups is 1. The van der Waals surface area contributed by atoms with Gasteiger partial charge >= 0.3 is 0 Å². The molecule has 2 N–H and O–H groups in total. The molecule has 1 aromatic heterocycles. The van der Waals surface area contributed by atoms with Crippen molar-refractivity contribution in [1.82, 2.24) is 9.88 Å². The van der Waals surface area contributed by atoms with Gasteiger partial charge in [-0.15, -0.1) is 0 Å². The number of hydrogen-bond acceptors (Lipinski definition) is 7. The van der Waals surface area contributed by atoms with Crippen molar-refractivity contribution in [3.63, 3.8) is 0 Å². The van der Waals surface area contributed by atoms with Gasteiger partial charge in [-0.2, -0.15) is 5.26 Å². The number of carbonyl (C=O) groups excluding carboxylic acids is 1. The molecule has 5 rings (SSSR count). The van der Waals surface area contributed by atoms with Crippen LogP contribution in [0.5, 0.6) is 0 Å². The third-order valence-corrected chi connectivity index (χ3v) is 8.74. The van der Waals surface area contributed by atoms with Gasteiger partial charge in [0, 0.05) is 17.7 Å². The lowest BCUT2D eigenvalue weighted by Crippen LogP contribution is -2.57. The first kappa shape index (κ1) is 25.4. The van der Waals surface area contributed by atoms with Gasteiger partial charge in [-0.3, -0.25) is 14.8 Å². The summed E-state index contributed by atoms with van der Waals surface area (Å²) in [5, 5.41) is 9.15. The van der Waals surface area contributed by atoms with Gasteiger partial charge in [-0.05, 0) is 63.1 Å². The highest BCUT2D eigenvalue weighted by molar-refractivity contribution is 8.15. The number of nitrogens with zero attached hydrogens (tertiary/aromatic N) is 4. The van der Waals surface area contributed by atoms with Crippen molar-refractivity contribution in [1.29, 1.82) is 5.26 Å². The van der Waals surface area contributed by atoms with Gasteiger partial charge in [-0.1, -0.05) is 17.8 Å². The fourth-order valence-corrected chi connectivity index (χ4v) is 6.94. The number of hydrogen-bond donors (Lipinski definition) is 1. The molecule has 1 saturated carbocycles. The van der Waals surface area contributed by atoms with E-state index >= 15 is 4.39 Å². The van der Waals surface area contributed by atoms with Crippen LogP contribution in [0.3, 0.4) is 0 Å². The van der Waals surface area contributed by atoms with Crippen molar-refractivity contribution in [2.75, 3.05) is 13.2 Å². The molecule has 1 amide bonds. The molecule has 192 valence electrons. The topological polar surface area (TPSA) is 105 Å². The largest absolute Gasteiger partial charge is 0.378 e. The summed E-state index contributed by atoms with van der Waals surface area (Å²) >= 11 is 1.26. The number of nitrogens with two attached hydrogens (primary N) is 1. The quantitative estimate of drug-likeness (QED) is 0.643. The molecule has 2 aliphatic heterocycles. The second kappa shape index (κ2) is 9.23. The molecule has 5 atom stereocenters. The third-order valence-electron chi connectivity index (χ3n) is 7.45. The van der Waals surface area contributed by atoms with Gasteiger partial charge < -0.3 is 15.4 Å². The first-order valence-electron chi connectivity index (χ1n) is 12.1. The minimum atomic E-state index is -1.10. The standard InChI is InChI=1S/C27H27F2N5O2S/c1-15-13-36-14-16(2)34(15)24(35)27-10-23(27)26(3,33-25(31)37-27)19-8-17(4-6-20(19)28)9-21(29)22-7-5-18(11-30)12-32-22/h4-9,12,15-16,23H,10,13-14H2,1-3H3,(H2,31,33)/b21-9-/t15-,16+,23-,26+,27-/m0/s1. The molecule has 1 aromatic carbocycles. The Balaban J connectivity index is 1.48. The highest BCUT2D eigenvalue weighted by Gasteiger charge is 2.71. The smallest absolute Gasteiger partial charge is 0.240 e. The lowest BCUT2D eigenvalue weighted by atomic mass is 9.84. The molecule has 7 nitrogen and oxygen atoms in total. The molecule has 0 bridgehead atoms. The molecule has 37 heavy (non-hydrogen) atoms. The van der Waals surface area contributed by atoms with Gasteiger partial charge in [-0.25, -0.2) is 8.78 Å². The van der Waals surface area contributed by atoms with Gasteiger partial charge in [0.1, 0.15) is 22.5 Å². The Labute approximate surface area is 218 Å². The second-order valence-electron chi connectivity index (χ2n) is 10.1. The van der Waals surface area contributed by atoms with E-state index in [0.29, 0.717) is 30.8 Å². The van der Waals surface area contributed by atoms with E-state index in [1.165, 1.54) is 48.3 Å². The molecule has 1 aliphatic carbocycles. The summed E-state index contributed by atoms with van der Waals surface area (Å²) in [4.78, 5) is 24.3. The average Bonchev–Trinajstić information content (AvgIpc) is 3.61. The molecule has 2 aromatic rings. The SMILES string of the molecule is C[C@@H]1COC[C@H](C)N1C(=O)[C@]12C[C@H]1[C@@](C)(c1cc(/C=C(\F)c3ccc(C#N)cn3)ccc1F)N=C(N)S2. The Bertz CT molecular complexity index is 1350. The molecule has 10 heteroatoms. The number of aromatic nitrogens is 1. The highest BCUT2D eigenvalue weighted by atomic mass is 32.2. The number of amides is 1. The number of aliphatic imine (C=N–C) groups is 1. The Kier molecular flexibility index (Phi) is 6.32. The van der Waals surface area contributed by atoms with Crippen LogP contribution in [0.15, 0.2) is 41.5 Å². The van der Waals surface area contributed by atoms with Gasteiger partial charge in [0.2, 0.25) is 5.91 Å². The van der Waals surface area contributed by atoms with Crippen LogP contribution < -0.4 is 5.73 Å². The predicted octanol–water partition coefficient (Wildman–Crippen LogP) is 4.23. The minimum Gasteiger partial charge on any atom is -0.378 e. The van der Waals surface area contributed by atoms with E-state index in [2.05, 4.69) is 9.98 Å². The van der Waals surface area contributed by atoms with E-state index in [9.17, 15) is 9.18 Å². The Hall–Kier alpha value is -3.29. The normalized spacial score (nSPS) is 31.2. The minimum absolute atomic E-state index is 0.0238. The average molecular weight is 524 g/mol. The van der Waals surface area contributed by atoms with Crippen LogP contribution in [0.2, 0.25) is 0 Å². The summed E-state index contributed by atoms with van der Waals surface area (Å²) in [6.45, 7) is 6.63. The molecule has 0 radical (unpaired) electrons. The summed E-state index contributed by atoms with van der Waals surface area (Å²) in [6.07, 6.45) is 3.06. The van der Waals surface area contributed by atoms with Crippen LogP contribution in [0, 0.1) is 23.1 Å².